The van der Waals surface area contributed by atoms with E-state index in [-0.39, 0.29) is 55.1 Å². The van der Waals surface area contributed by atoms with Crippen molar-refractivity contribution in [3.05, 3.63) is 52.6 Å². The first-order valence-corrected chi connectivity index (χ1v) is 14.2. The molecule has 1 aromatic rings. The monoisotopic (exact) mass is 616 g/mol. The molecule has 0 radical (unpaired) electrons. The van der Waals surface area contributed by atoms with Crippen LogP contribution in [0.1, 0.15) is 37.3 Å². The van der Waals surface area contributed by atoms with Gasteiger partial charge in [0.15, 0.2) is 5.96 Å². The summed E-state index contributed by atoms with van der Waals surface area (Å²) in [7, 11) is -2.13. The zero-order valence-electron chi connectivity index (χ0n) is 22.6. The summed E-state index contributed by atoms with van der Waals surface area (Å²) in [6, 6.07) is 2.73. The van der Waals surface area contributed by atoms with Crippen LogP contribution in [0, 0.1) is 5.41 Å². The molecular formula is C26H38Cl2N6O5S. The Balaban J connectivity index is 0.00000280. The normalized spacial score (nSPS) is 20.2. The molecule has 11 nitrogen and oxygen atoms in total. The van der Waals surface area contributed by atoms with Crippen molar-refractivity contribution in [1.29, 1.82) is 5.41 Å². The number of fused-ring (bicyclic) bond motifs is 1. The summed E-state index contributed by atoms with van der Waals surface area (Å²) in [5.74, 6) is -1.82. The molecule has 1 amide bonds. The molecule has 3 aliphatic rings. The lowest BCUT2D eigenvalue weighted by Crippen LogP contribution is -2.55. The quantitative estimate of drug-likeness (QED) is 0.204. The van der Waals surface area contributed by atoms with Gasteiger partial charge in [-0.05, 0) is 62.9 Å². The van der Waals surface area contributed by atoms with Gasteiger partial charge < -0.3 is 25.5 Å². The number of nitrogens with one attached hydrogen (secondary N) is 2. The van der Waals surface area contributed by atoms with Gasteiger partial charge in [0, 0.05) is 32.7 Å². The molecule has 4 rings (SSSR count). The van der Waals surface area contributed by atoms with Crippen LogP contribution in [0.25, 0.3) is 0 Å². The highest BCUT2D eigenvalue weighted by Crippen LogP contribution is 2.25. The number of carboxylic acid groups (broad SMARTS) is 1. The molecule has 0 saturated heterocycles. The van der Waals surface area contributed by atoms with Crippen LogP contribution < -0.4 is 10.5 Å². The predicted molar refractivity (Wildman–Crippen MR) is 157 cm³/mol. The summed E-state index contributed by atoms with van der Waals surface area (Å²) < 4.78 is 29.7. The fourth-order valence-electron chi connectivity index (χ4n) is 5.25. The largest absolute Gasteiger partial charge is 0.480 e. The fourth-order valence-corrected chi connectivity index (χ4v) is 6.49. The Hall–Kier alpha value is -2.64. The van der Waals surface area contributed by atoms with Crippen molar-refractivity contribution < 1.29 is 23.1 Å². The van der Waals surface area contributed by atoms with Gasteiger partial charge in [0.2, 0.25) is 15.9 Å². The van der Waals surface area contributed by atoms with Crippen molar-refractivity contribution >= 4 is 52.7 Å². The number of hydrogen-bond acceptors (Lipinski definition) is 6. The standard InChI is InChI=1S/C26H36N6O5S.2ClH/c1-17-7-11-32(23(12-17)25(34)35)24(33)22(13-18-4-3-9-31(15-18)26(27)28)29-38(36,37)21-6-5-19-8-10-30(2)16-20(19)14-21;;/h4-7,14,22-23,29H,3,8-13,15-16H2,1-2H3,(H3,27,28)(H,34,35);2*1H/t22-,23-;;/m0../s1. The van der Waals surface area contributed by atoms with Crippen molar-refractivity contribution in [2.45, 2.75) is 56.1 Å². The van der Waals surface area contributed by atoms with Gasteiger partial charge in [0.05, 0.1) is 4.90 Å². The van der Waals surface area contributed by atoms with Crippen LogP contribution >= 0.6 is 24.8 Å². The third-order valence-electron chi connectivity index (χ3n) is 7.42. The smallest absolute Gasteiger partial charge is 0.326 e. The first-order chi connectivity index (χ1) is 17.9. The highest BCUT2D eigenvalue weighted by molar-refractivity contribution is 7.89. The number of amides is 1. The average molecular weight is 618 g/mol. The number of sulfonamides is 1. The van der Waals surface area contributed by atoms with E-state index >= 15 is 0 Å². The lowest BCUT2D eigenvalue weighted by Gasteiger charge is -2.35. The SMILES string of the molecule is CC1=CCN(C(=O)[C@H](CC2=CCCN(C(=N)N)C2)NS(=O)(=O)c2ccc3c(c2)CN(C)CC3)[C@H](C(=O)O)C1.Cl.Cl. The molecule has 3 aliphatic heterocycles. The summed E-state index contributed by atoms with van der Waals surface area (Å²) in [6.45, 7) is 4.29. The number of guanidine groups is 1. The van der Waals surface area contributed by atoms with Crippen LogP contribution in [0.3, 0.4) is 0 Å². The van der Waals surface area contributed by atoms with E-state index in [0.29, 0.717) is 26.1 Å². The molecule has 0 bridgehead atoms. The molecule has 0 aliphatic carbocycles. The predicted octanol–water partition coefficient (Wildman–Crippen LogP) is 1.71. The number of hydrogen-bond donors (Lipinski definition) is 4. The number of nitrogens with zero attached hydrogens (tertiary/aromatic N) is 3. The summed E-state index contributed by atoms with van der Waals surface area (Å²) in [6.07, 6.45) is 5.38. The maximum Gasteiger partial charge on any atom is 0.326 e. The maximum absolute atomic E-state index is 13.8. The molecular weight excluding hydrogens is 579 g/mol. The third-order valence-corrected chi connectivity index (χ3v) is 8.89. The van der Waals surface area contributed by atoms with Gasteiger partial charge in [-0.3, -0.25) is 10.2 Å². The number of rotatable bonds is 7. The van der Waals surface area contributed by atoms with Crippen LogP contribution in [-0.4, -0.2) is 91.4 Å². The minimum absolute atomic E-state index is 0. The van der Waals surface area contributed by atoms with Crippen molar-refractivity contribution in [3.63, 3.8) is 0 Å². The van der Waals surface area contributed by atoms with Crippen molar-refractivity contribution in [1.82, 2.24) is 19.4 Å². The lowest BCUT2D eigenvalue weighted by molar-refractivity contribution is -0.150. The Morgan fingerprint density at radius 2 is 1.90 bits per heavy atom. The summed E-state index contributed by atoms with van der Waals surface area (Å²) in [5.41, 5.74) is 9.32. The Kier molecular flexibility index (Phi) is 11.6. The second-order valence-corrected chi connectivity index (χ2v) is 12.1. The fraction of sp³-hybridized carbons (Fsp3) is 0.500. The van der Waals surface area contributed by atoms with E-state index in [9.17, 15) is 23.1 Å². The first kappa shape index (κ1) is 33.6. The van der Waals surface area contributed by atoms with E-state index < -0.39 is 34.0 Å². The van der Waals surface area contributed by atoms with Gasteiger partial charge in [-0.1, -0.05) is 29.4 Å². The van der Waals surface area contributed by atoms with Gasteiger partial charge in [0.25, 0.3) is 0 Å². The van der Waals surface area contributed by atoms with Crippen LogP contribution in [-0.2, 0) is 32.6 Å². The molecule has 0 fully saturated rings. The number of benzene rings is 1. The molecule has 222 valence electrons. The Morgan fingerprint density at radius 1 is 1.18 bits per heavy atom. The Labute approximate surface area is 247 Å². The number of carbonyl (C=O) groups excluding carboxylic acids is 1. The van der Waals surface area contributed by atoms with Crippen LogP contribution in [0.4, 0.5) is 0 Å². The van der Waals surface area contributed by atoms with E-state index in [0.717, 1.165) is 35.2 Å². The number of halogens is 2. The van der Waals surface area contributed by atoms with E-state index in [1.807, 2.05) is 26.1 Å². The van der Waals surface area contributed by atoms with E-state index in [1.54, 1.807) is 23.1 Å². The van der Waals surface area contributed by atoms with Crippen molar-refractivity contribution in [2.24, 2.45) is 5.73 Å². The Bertz CT molecular complexity index is 1300. The molecule has 40 heavy (non-hydrogen) atoms. The van der Waals surface area contributed by atoms with Crippen molar-refractivity contribution in [2.75, 3.05) is 33.2 Å². The van der Waals surface area contributed by atoms with Gasteiger partial charge in [-0.2, -0.15) is 4.72 Å². The number of carbonyl (C=O) groups is 2. The average Bonchev–Trinajstić information content (AvgIpc) is 2.87. The summed E-state index contributed by atoms with van der Waals surface area (Å²) in [4.78, 5) is 30.8. The van der Waals surface area contributed by atoms with E-state index in [4.69, 9.17) is 11.1 Å². The van der Waals surface area contributed by atoms with Gasteiger partial charge in [-0.25, -0.2) is 13.2 Å². The van der Waals surface area contributed by atoms with E-state index in [2.05, 4.69) is 9.62 Å². The highest BCUT2D eigenvalue weighted by atomic mass is 35.5. The zero-order chi connectivity index (χ0) is 27.6. The molecule has 0 spiro atoms. The lowest BCUT2D eigenvalue weighted by atomic mass is 9.97. The zero-order valence-corrected chi connectivity index (χ0v) is 25.1. The maximum atomic E-state index is 13.8. The molecule has 0 saturated carbocycles. The molecule has 2 atom stereocenters. The third kappa shape index (κ3) is 7.76. The van der Waals surface area contributed by atoms with Crippen molar-refractivity contribution in [3.8, 4) is 0 Å². The molecule has 0 aromatic heterocycles. The van der Waals surface area contributed by atoms with Crippen LogP contribution in [0.15, 0.2) is 46.4 Å². The number of likely N-dealkylation sites (N-methyl/N-ethyl adjacent to an activating group) is 1. The summed E-state index contributed by atoms with van der Waals surface area (Å²) >= 11 is 0. The molecule has 14 heteroatoms. The molecule has 3 heterocycles. The highest BCUT2D eigenvalue weighted by Gasteiger charge is 2.38. The molecule has 1 aromatic carbocycles. The minimum atomic E-state index is -4.11. The second-order valence-electron chi connectivity index (χ2n) is 10.4. The van der Waals surface area contributed by atoms with Gasteiger partial charge in [-0.15, -0.1) is 24.8 Å². The topological polar surface area (TPSA) is 160 Å². The van der Waals surface area contributed by atoms with Gasteiger partial charge >= 0.3 is 5.97 Å². The molecule has 0 unspecified atom stereocenters. The van der Waals surface area contributed by atoms with Gasteiger partial charge in [0.1, 0.15) is 12.1 Å². The second kappa shape index (κ2) is 13.8. The first-order valence-electron chi connectivity index (χ1n) is 12.7. The minimum Gasteiger partial charge on any atom is -0.480 e. The summed E-state index contributed by atoms with van der Waals surface area (Å²) in [5, 5.41) is 17.6. The van der Waals surface area contributed by atoms with Crippen LogP contribution in [0.5, 0.6) is 0 Å². The Morgan fingerprint density at radius 3 is 2.58 bits per heavy atom. The number of aliphatic carboxylic acids is 1. The number of nitrogens with two attached hydrogens (primary N) is 1. The molecule has 5 N–H and O–H groups in total. The van der Waals surface area contributed by atoms with Crippen LogP contribution in [0.2, 0.25) is 0 Å². The van der Waals surface area contributed by atoms with E-state index in [1.165, 1.54) is 4.90 Å². The number of carboxylic acids is 1.